The van der Waals surface area contributed by atoms with Crippen LogP contribution in [0.5, 0.6) is 0 Å². The fourth-order valence-corrected chi connectivity index (χ4v) is 1.40. The molecule has 76 valence electrons. The largest absolute Gasteiger partial charge is 0.238 e. The van der Waals surface area contributed by atoms with Crippen molar-refractivity contribution in [1.29, 1.82) is 0 Å². The summed E-state index contributed by atoms with van der Waals surface area (Å²) in [5.41, 5.74) is 2.44. The lowest BCUT2D eigenvalue weighted by Gasteiger charge is -2.03. The quantitative estimate of drug-likeness (QED) is 0.673. The third-order valence-corrected chi connectivity index (χ3v) is 2.04. The van der Waals surface area contributed by atoms with Gasteiger partial charge in [-0.15, -0.1) is 0 Å². The number of nitrogens with zero attached hydrogens (tertiary/aromatic N) is 2. The van der Waals surface area contributed by atoms with Gasteiger partial charge in [-0.1, -0.05) is 27.7 Å². The lowest BCUT2D eigenvalue weighted by Crippen LogP contribution is -1.97. The molecule has 2 aromatic rings. The van der Waals surface area contributed by atoms with E-state index in [4.69, 9.17) is 0 Å². The van der Waals surface area contributed by atoms with Crippen molar-refractivity contribution in [3.05, 3.63) is 36.2 Å². The van der Waals surface area contributed by atoms with Crippen LogP contribution in [0.25, 0.3) is 5.52 Å². The third kappa shape index (κ3) is 1.95. The molecule has 0 aromatic carbocycles. The van der Waals surface area contributed by atoms with Gasteiger partial charge in [-0.2, -0.15) is 5.10 Å². The summed E-state index contributed by atoms with van der Waals surface area (Å²) < 4.78 is 1.99. The second kappa shape index (κ2) is 4.80. The van der Waals surface area contributed by atoms with Gasteiger partial charge in [0.1, 0.15) is 0 Å². The van der Waals surface area contributed by atoms with Crippen LogP contribution in [0.4, 0.5) is 0 Å². The number of hydrogen-bond acceptors (Lipinski definition) is 1. The molecule has 0 bridgehead atoms. The number of fused-ring (bicyclic) bond motifs is 1. The van der Waals surface area contributed by atoms with Gasteiger partial charge >= 0.3 is 0 Å². The fourth-order valence-electron chi connectivity index (χ4n) is 1.40. The van der Waals surface area contributed by atoms with Crippen LogP contribution in [-0.2, 0) is 0 Å². The second-order valence-electron chi connectivity index (χ2n) is 3.27. The molecule has 0 fully saturated rings. The van der Waals surface area contributed by atoms with Gasteiger partial charge in [-0.25, -0.2) is 4.52 Å². The van der Waals surface area contributed by atoms with Crippen molar-refractivity contribution in [3.8, 4) is 0 Å². The molecular weight excluding hydrogens is 172 g/mol. The molecular formula is C12H18N2. The summed E-state index contributed by atoms with van der Waals surface area (Å²) in [4.78, 5) is 0. The summed E-state index contributed by atoms with van der Waals surface area (Å²) in [5.74, 6) is 0.530. The standard InChI is InChI=1S/C10H12N2.C2H6/c1-8(2)10-6-5-9-4-3-7-11-12(9)10;1-2/h3-8H,1-2H3;1-2H3. The topological polar surface area (TPSA) is 17.3 Å². The highest BCUT2D eigenvalue weighted by Gasteiger charge is 2.04. The number of hydrogen-bond donors (Lipinski definition) is 0. The van der Waals surface area contributed by atoms with E-state index in [1.54, 1.807) is 0 Å². The van der Waals surface area contributed by atoms with E-state index in [1.807, 2.05) is 30.6 Å². The first kappa shape index (κ1) is 10.8. The Labute approximate surface area is 85.6 Å². The van der Waals surface area contributed by atoms with Crippen LogP contribution in [0.1, 0.15) is 39.3 Å². The molecule has 0 unspecified atom stereocenters. The van der Waals surface area contributed by atoms with E-state index in [-0.39, 0.29) is 0 Å². The zero-order valence-electron chi connectivity index (χ0n) is 9.36. The van der Waals surface area contributed by atoms with E-state index in [0.717, 1.165) is 0 Å². The van der Waals surface area contributed by atoms with Crippen LogP contribution in [0.2, 0.25) is 0 Å². The maximum Gasteiger partial charge on any atom is 0.0650 e. The van der Waals surface area contributed by atoms with Gasteiger partial charge < -0.3 is 0 Å². The lowest BCUT2D eigenvalue weighted by molar-refractivity contribution is 0.759. The van der Waals surface area contributed by atoms with Crippen LogP contribution in [0, 0.1) is 0 Å². The molecule has 0 aliphatic rings. The Morgan fingerprint density at radius 2 is 1.86 bits per heavy atom. The maximum atomic E-state index is 4.28. The van der Waals surface area contributed by atoms with Crippen LogP contribution < -0.4 is 0 Å². The molecule has 0 radical (unpaired) electrons. The van der Waals surface area contributed by atoms with Crippen molar-refractivity contribution in [2.45, 2.75) is 33.6 Å². The van der Waals surface area contributed by atoms with E-state index in [2.05, 4.69) is 37.1 Å². The summed E-state index contributed by atoms with van der Waals surface area (Å²) in [5, 5.41) is 4.28. The van der Waals surface area contributed by atoms with E-state index < -0.39 is 0 Å². The van der Waals surface area contributed by atoms with E-state index in [0.29, 0.717) is 5.92 Å². The minimum atomic E-state index is 0.530. The molecule has 2 nitrogen and oxygen atoms in total. The van der Waals surface area contributed by atoms with E-state index >= 15 is 0 Å². The molecule has 2 rings (SSSR count). The Bertz CT molecular complexity index is 388. The van der Waals surface area contributed by atoms with Crippen molar-refractivity contribution in [2.75, 3.05) is 0 Å². The molecule has 2 heterocycles. The normalized spacial score (nSPS) is 10.1. The van der Waals surface area contributed by atoms with Gasteiger partial charge in [-0.3, -0.25) is 0 Å². The van der Waals surface area contributed by atoms with Crippen LogP contribution in [-0.4, -0.2) is 9.61 Å². The first-order valence-electron chi connectivity index (χ1n) is 5.21. The van der Waals surface area contributed by atoms with Crippen molar-refractivity contribution < 1.29 is 0 Å². The molecule has 0 aliphatic carbocycles. The molecule has 0 N–H and O–H groups in total. The minimum absolute atomic E-state index is 0.530. The van der Waals surface area contributed by atoms with E-state index in [1.165, 1.54) is 11.2 Å². The van der Waals surface area contributed by atoms with Gasteiger partial charge in [0, 0.05) is 11.9 Å². The molecule has 0 saturated carbocycles. The highest BCUT2D eigenvalue weighted by molar-refractivity contribution is 5.48. The molecule has 0 atom stereocenters. The van der Waals surface area contributed by atoms with Crippen molar-refractivity contribution >= 4 is 5.52 Å². The smallest absolute Gasteiger partial charge is 0.0650 e. The first-order valence-corrected chi connectivity index (χ1v) is 5.21. The second-order valence-corrected chi connectivity index (χ2v) is 3.27. The van der Waals surface area contributed by atoms with Crippen molar-refractivity contribution in [2.24, 2.45) is 0 Å². The minimum Gasteiger partial charge on any atom is -0.238 e. The SMILES string of the molecule is CC.CC(C)c1ccc2cccnn12. The summed E-state index contributed by atoms with van der Waals surface area (Å²) >= 11 is 0. The third-order valence-electron chi connectivity index (χ3n) is 2.04. The van der Waals surface area contributed by atoms with Gasteiger partial charge in [0.05, 0.1) is 5.52 Å². The number of rotatable bonds is 1. The van der Waals surface area contributed by atoms with Crippen LogP contribution in [0.15, 0.2) is 30.5 Å². The summed E-state index contributed by atoms with van der Waals surface area (Å²) in [6.45, 7) is 8.35. The molecule has 0 amide bonds. The predicted octanol–water partition coefficient (Wildman–Crippen LogP) is 3.48. The van der Waals surface area contributed by atoms with Gasteiger partial charge in [0.15, 0.2) is 0 Å². The highest BCUT2D eigenvalue weighted by Crippen LogP contribution is 2.16. The van der Waals surface area contributed by atoms with Gasteiger partial charge in [0.25, 0.3) is 0 Å². The summed E-state index contributed by atoms with van der Waals surface area (Å²) in [6, 6.07) is 8.26. The Morgan fingerprint density at radius 3 is 2.50 bits per heavy atom. The summed E-state index contributed by atoms with van der Waals surface area (Å²) in [6.07, 6.45) is 1.82. The average molecular weight is 190 g/mol. The maximum absolute atomic E-state index is 4.28. The predicted molar refractivity (Wildman–Crippen MR) is 60.6 cm³/mol. The molecule has 2 aromatic heterocycles. The van der Waals surface area contributed by atoms with Gasteiger partial charge in [-0.05, 0) is 30.2 Å². The zero-order chi connectivity index (χ0) is 10.6. The van der Waals surface area contributed by atoms with Crippen molar-refractivity contribution in [1.82, 2.24) is 9.61 Å². The monoisotopic (exact) mass is 190 g/mol. The summed E-state index contributed by atoms with van der Waals surface area (Å²) in [7, 11) is 0. The molecule has 0 spiro atoms. The first-order chi connectivity index (χ1) is 6.79. The average Bonchev–Trinajstić information content (AvgIpc) is 2.64. The Balaban J connectivity index is 0.000000461. The Hall–Kier alpha value is -1.31. The number of aromatic nitrogens is 2. The molecule has 14 heavy (non-hydrogen) atoms. The fraction of sp³-hybridized carbons (Fsp3) is 0.417. The Morgan fingerprint density at radius 1 is 1.14 bits per heavy atom. The molecule has 2 heteroatoms. The van der Waals surface area contributed by atoms with Crippen LogP contribution in [0.3, 0.4) is 0 Å². The van der Waals surface area contributed by atoms with Crippen LogP contribution >= 0.6 is 0 Å². The highest BCUT2D eigenvalue weighted by atomic mass is 15.2. The molecule has 0 saturated heterocycles. The van der Waals surface area contributed by atoms with E-state index in [9.17, 15) is 0 Å². The zero-order valence-corrected chi connectivity index (χ0v) is 9.36. The Kier molecular flexibility index (Phi) is 3.69. The molecule has 0 aliphatic heterocycles. The van der Waals surface area contributed by atoms with Gasteiger partial charge in [0.2, 0.25) is 0 Å². The lowest BCUT2D eigenvalue weighted by atomic mass is 10.1. The van der Waals surface area contributed by atoms with Crippen molar-refractivity contribution in [3.63, 3.8) is 0 Å².